The van der Waals surface area contributed by atoms with Gasteiger partial charge in [0.15, 0.2) is 6.10 Å². The molecule has 0 aliphatic heterocycles. The molecule has 2 N–H and O–H groups in total. The molecule has 46 valence electrons. The van der Waals surface area contributed by atoms with Crippen molar-refractivity contribution < 1.29 is 10.2 Å². The Hall–Kier alpha value is -0.300. The zero-order valence-corrected chi connectivity index (χ0v) is 4.84. The van der Waals surface area contributed by atoms with Gasteiger partial charge in [0.1, 0.15) is 0 Å². The quantitative estimate of drug-likeness (QED) is 0.395. The van der Waals surface area contributed by atoms with E-state index in [9.17, 15) is 0 Å². The van der Waals surface area contributed by atoms with Crippen LogP contribution in [0.15, 0.2) is 0 Å². The lowest BCUT2D eigenvalue weighted by molar-refractivity contribution is 0.180. The van der Waals surface area contributed by atoms with Crippen LogP contribution in [0, 0.1) is 11.3 Å². The van der Waals surface area contributed by atoms with Gasteiger partial charge in [-0.05, 0) is 0 Å². The van der Waals surface area contributed by atoms with Crippen molar-refractivity contribution in [3.8, 4) is 6.07 Å². The smallest absolute Gasteiger partial charge is 0.158 e. The van der Waals surface area contributed by atoms with Crippen LogP contribution < -0.4 is 0 Å². The van der Waals surface area contributed by atoms with Crippen molar-refractivity contribution >= 4 is 11.6 Å². The van der Waals surface area contributed by atoms with Crippen molar-refractivity contribution in [3.63, 3.8) is 0 Å². The summed E-state index contributed by atoms with van der Waals surface area (Å²) >= 11 is 5.19. The number of hydrogen-bond donors (Lipinski definition) is 2. The molecule has 0 saturated heterocycles. The van der Waals surface area contributed by atoms with Crippen molar-refractivity contribution in [2.24, 2.45) is 0 Å². The second kappa shape index (κ2) is 3.67. The van der Waals surface area contributed by atoms with Gasteiger partial charge in [0, 0.05) is 0 Å². The first kappa shape index (κ1) is 7.70. The molecule has 3 nitrogen and oxygen atoms in total. The molecule has 0 bridgehead atoms. The molecule has 0 aliphatic rings. The van der Waals surface area contributed by atoms with E-state index in [1.165, 1.54) is 6.07 Å². The van der Waals surface area contributed by atoms with Gasteiger partial charge in [-0.2, -0.15) is 5.26 Å². The fraction of sp³-hybridized carbons (Fsp3) is 0.750. The van der Waals surface area contributed by atoms with E-state index in [-0.39, 0.29) is 6.61 Å². The topological polar surface area (TPSA) is 64.2 Å². The van der Waals surface area contributed by atoms with E-state index in [1.807, 2.05) is 0 Å². The van der Waals surface area contributed by atoms with Crippen LogP contribution in [0.5, 0.6) is 0 Å². The third kappa shape index (κ3) is 2.12. The van der Waals surface area contributed by atoms with Crippen molar-refractivity contribution in [1.82, 2.24) is 0 Å². The molecule has 0 radical (unpaired) electrons. The Morgan fingerprint density at radius 3 is 2.38 bits per heavy atom. The molecular weight excluding hydrogens is 130 g/mol. The molecular formula is C4H6ClNO2. The van der Waals surface area contributed by atoms with Crippen LogP contribution in [0.3, 0.4) is 0 Å². The highest BCUT2D eigenvalue weighted by atomic mass is 35.5. The highest BCUT2D eigenvalue weighted by molar-refractivity contribution is 6.21. The van der Waals surface area contributed by atoms with E-state index >= 15 is 0 Å². The van der Waals surface area contributed by atoms with Crippen molar-refractivity contribution in [2.75, 3.05) is 6.61 Å². The maximum absolute atomic E-state index is 8.47. The Balaban J connectivity index is 3.49. The molecule has 0 aliphatic carbocycles. The predicted molar refractivity (Wildman–Crippen MR) is 28.3 cm³/mol. The van der Waals surface area contributed by atoms with E-state index in [4.69, 9.17) is 27.1 Å². The maximum Gasteiger partial charge on any atom is 0.158 e. The summed E-state index contributed by atoms with van der Waals surface area (Å²) in [5.74, 6) is 0. The summed E-state index contributed by atoms with van der Waals surface area (Å²) in [4.78, 5) is 0. The van der Waals surface area contributed by atoms with Gasteiger partial charge in [-0.1, -0.05) is 0 Å². The van der Waals surface area contributed by atoms with E-state index < -0.39 is 11.5 Å². The summed E-state index contributed by atoms with van der Waals surface area (Å²) in [5, 5.41) is 23.7. The Labute approximate surface area is 52.1 Å². The number of halogens is 1. The van der Waals surface area contributed by atoms with E-state index in [2.05, 4.69) is 0 Å². The monoisotopic (exact) mass is 135 g/mol. The first-order valence-corrected chi connectivity index (χ1v) is 2.48. The van der Waals surface area contributed by atoms with E-state index in [0.29, 0.717) is 0 Å². The standard InChI is InChI=1S/C4H6ClNO2/c5-3(2-7)4(8)1-6/h3-4,7-8H,2H2/t3-,4+/m0/s1. The molecule has 0 heterocycles. The molecule has 0 spiro atoms. The molecule has 0 aromatic heterocycles. The number of alkyl halides is 1. The highest BCUT2D eigenvalue weighted by Crippen LogP contribution is 1.98. The highest BCUT2D eigenvalue weighted by Gasteiger charge is 2.12. The van der Waals surface area contributed by atoms with Crippen LogP contribution in [0.4, 0.5) is 0 Å². The predicted octanol–water partition coefficient (Wildman–Crippen LogP) is -0.529. The minimum absolute atomic E-state index is 0.379. The van der Waals surface area contributed by atoms with Crippen LogP contribution in [0.25, 0.3) is 0 Å². The lowest BCUT2D eigenvalue weighted by Crippen LogP contribution is -2.21. The van der Waals surface area contributed by atoms with Crippen molar-refractivity contribution in [3.05, 3.63) is 0 Å². The van der Waals surface area contributed by atoms with Gasteiger partial charge in [-0.15, -0.1) is 11.6 Å². The Morgan fingerprint density at radius 1 is 1.75 bits per heavy atom. The fourth-order valence-corrected chi connectivity index (χ4v) is 0.237. The van der Waals surface area contributed by atoms with Crippen molar-refractivity contribution in [1.29, 1.82) is 5.26 Å². The van der Waals surface area contributed by atoms with Gasteiger partial charge in [0.25, 0.3) is 0 Å². The Kier molecular flexibility index (Phi) is 3.53. The average molecular weight is 136 g/mol. The van der Waals surface area contributed by atoms with Crippen LogP contribution in [-0.4, -0.2) is 28.3 Å². The van der Waals surface area contributed by atoms with Crippen LogP contribution >= 0.6 is 11.6 Å². The molecule has 0 aromatic carbocycles. The van der Waals surface area contributed by atoms with Crippen molar-refractivity contribution in [2.45, 2.75) is 11.5 Å². The number of nitriles is 1. The summed E-state index contributed by atoms with van der Waals surface area (Å²) in [6.07, 6.45) is -1.26. The Bertz CT molecular complexity index is 101. The minimum atomic E-state index is -1.26. The van der Waals surface area contributed by atoms with Gasteiger partial charge < -0.3 is 10.2 Å². The third-order valence-electron chi connectivity index (χ3n) is 0.649. The van der Waals surface area contributed by atoms with Gasteiger partial charge in [0.2, 0.25) is 0 Å². The number of hydrogen-bond acceptors (Lipinski definition) is 3. The molecule has 0 unspecified atom stereocenters. The van der Waals surface area contributed by atoms with Gasteiger partial charge >= 0.3 is 0 Å². The van der Waals surface area contributed by atoms with Gasteiger partial charge in [0.05, 0.1) is 18.1 Å². The lowest BCUT2D eigenvalue weighted by Gasteiger charge is -2.03. The van der Waals surface area contributed by atoms with E-state index in [0.717, 1.165) is 0 Å². The molecule has 0 aromatic rings. The summed E-state index contributed by atoms with van der Waals surface area (Å²) in [7, 11) is 0. The first-order valence-electron chi connectivity index (χ1n) is 2.05. The van der Waals surface area contributed by atoms with Crippen LogP contribution in [-0.2, 0) is 0 Å². The normalized spacial score (nSPS) is 16.8. The SMILES string of the molecule is N#C[C@@H](O)[C@@H](Cl)CO. The molecule has 2 atom stereocenters. The zero-order valence-electron chi connectivity index (χ0n) is 4.08. The minimum Gasteiger partial charge on any atom is -0.395 e. The van der Waals surface area contributed by atoms with Gasteiger partial charge in [-0.3, -0.25) is 0 Å². The molecule has 0 rings (SSSR count). The molecule has 0 saturated carbocycles. The number of nitrogens with zero attached hydrogens (tertiary/aromatic N) is 1. The van der Waals surface area contributed by atoms with Crippen LogP contribution in [0.1, 0.15) is 0 Å². The molecule has 8 heavy (non-hydrogen) atoms. The third-order valence-corrected chi connectivity index (χ3v) is 1.03. The summed E-state index contributed by atoms with van der Waals surface area (Å²) in [5.41, 5.74) is 0. The van der Waals surface area contributed by atoms with Gasteiger partial charge in [-0.25, -0.2) is 0 Å². The van der Waals surface area contributed by atoms with Crippen LogP contribution in [0.2, 0.25) is 0 Å². The zero-order chi connectivity index (χ0) is 6.57. The molecule has 0 fully saturated rings. The first-order chi connectivity index (χ1) is 3.72. The largest absolute Gasteiger partial charge is 0.395 e. The summed E-state index contributed by atoms with van der Waals surface area (Å²) in [6.45, 7) is -0.379. The molecule has 0 amide bonds. The second-order valence-corrected chi connectivity index (χ2v) is 1.83. The average Bonchev–Trinajstić information content (AvgIpc) is 1.84. The second-order valence-electron chi connectivity index (χ2n) is 1.27. The number of aliphatic hydroxyl groups is 2. The maximum atomic E-state index is 8.47. The molecule has 4 heteroatoms. The number of aliphatic hydroxyl groups excluding tert-OH is 2. The fourth-order valence-electron chi connectivity index (χ4n) is 0.181. The summed E-state index contributed by atoms with van der Waals surface area (Å²) < 4.78 is 0. The summed E-state index contributed by atoms with van der Waals surface area (Å²) in [6, 6.07) is 1.48. The van der Waals surface area contributed by atoms with E-state index in [1.54, 1.807) is 0 Å². The lowest BCUT2D eigenvalue weighted by atomic mass is 10.3. The Morgan fingerprint density at radius 2 is 2.25 bits per heavy atom. The number of rotatable bonds is 2.